The van der Waals surface area contributed by atoms with E-state index in [-0.39, 0.29) is 56.2 Å². The number of amides is 1. The molecule has 2 atom stereocenters. The largest absolute Gasteiger partial charge is 1.00 e. The van der Waals surface area contributed by atoms with E-state index in [1.54, 1.807) is 12.2 Å². The number of carboxylic acids is 1. The van der Waals surface area contributed by atoms with Gasteiger partial charge in [0, 0.05) is 11.7 Å². The smallest absolute Gasteiger partial charge is 0.857 e. The van der Waals surface area contributed by atoms with Gasteiger partial charge in [0.1, 0.15) is 26.8 Å². The molecule has 0 saturated carbocycles. The fourth-order valence-electron chi connectivity index (χ4n) is 3.01. The first-order chi connectivity index (χ1) is 15.3. The van der Waals surface area contributed by atoms with Crippen molar-refractivity contribution < 1.29 is 54.6 Å². The Labute approximate surface area is 225 Å². The summed E-state index contributed by atoms with van der Waals surface area (Å²) in [6.07, 6.45) is 4.70. The van der Waals surface area contributed by atoms with Crippen LogP contribution in [0.2, 0.25) is 4.34 Å². The molecule has 166 valence electrons. The van der Waals surface area contributed by atoms with Crippen molar-refractivity contribution in [3.05, 3.63) is 39.3 Å². The number of halogens is 1. The molecule has 2 aromatic heterocycles. The zero-order valence-corrected chi connectivity index (χ0v) is 21.8. The number of oxime groups is 1. The first-order valence-corrected chi connectivity index (χ1v) is 11.5. The number of allylic oxidation sites excluding steroid dienone is 1. The zero-order valence-electron chi connectivity index (χ0n) is 16.6. The predicted molar refractivity (Wildman–Crippen MR) is 118 cm³/mol. The molecule has 33 heavy (non-hydrogen) atoms. The van der Waals surface area contributed by atoms with Crippen molar-refractivity contribution in [2.45, 2.75) is 11.4 Å². The molecule has 1 saturated heterocycles. The van der Waals surface area contributed by atoms with Crippen LogP contribution in [0.15, 0.2) is 33.7 Å². The number of carbonyl (C=O) groups is 2. The minimum atomic E-state index is -1.29. The normalized spacial score (nSPS) is 21.1. The fraction of sp³-hybridized carbons (Fsp3) is 0.188. The average molecular weight is 536 g/mol. The van der Waals surface area contributed by atoms with Crippen LogP contribution in [0, 0.1) is 0 Å². The second-order valence-corrected chi connectivity index (χ2v) is 9.55. The second-order valence-electron chi connectivity index (χ2n) is 6.26. The number of β-lactam (4-membered cyclic amide) rings is 1. The Morgan fingerprint density at radius 1 is 1.42 bits per heavy atom. The van der Waals surface area contributed by atoms with E-state index in [2.05, 4.69) is 23.9 Å². The fourth-order valence-corrected chi connectivity index (χ4v) is 5.64. The van der Waals surface area contributed by atoms with Crippen LogP contribution in [0.1, 0.15) is 11.4 Å². The number of anilines is 1. The molecule has 0 aromatic carbocycles. The molecular formula is C16H11ClN7NaO5S3. The van der Waals surface area contributed by atoms with Gasteiger partial charge in [0.05, 0.1) is 23.6 Å². The summed E-state index contributed by atoms with van der Waals surface area (Å²) in [4.78, 5) is 33.3. The van der Waals surface area contributed by atoms with Crippen molar-refractivity contribution in [1.82, 2.24) is 18.6 Å². The Morgan fingerprint density at radius 2 is 2.18 bits per heavy atom. The number of carboxylic acid groups (broad SMARTS) is 1. The van der Waals surface area contributed by atoms with E-state index in [0.29, 0.717) is 11.3 Å². The second kappa shape index (κ2) is 10.5. The molecule has 1 fully saturated rings. The topological polar surface area (TPSA) is 190 Å². The third kappa shape index (κ3) is 4.94. The van der Waals surface area contributed by atoms with E-state index < -0.39 is 34.9 Å². The number of fused-ring (bicyclic) bond motifs is 1. The summed E-state index contributed by atoms with van der Waals surface area (Å²) in [6.45, 7) is 0. The van der Waals surface area contributed by atoms with Gasteiger partial charge in [-0.1, -0.05) is 34.2 Å². The van der Waals surface area contributed by atoms with Crippen molar-refractivity contribution in [1.29, 1.82) is 0 Å². The van der Waals surface area contributed by atoms with E-state index >= 15 is 0 Å². The molecule has 4 N–H and O–H groups in total. The number of carbonyl (C=O) groups excluding carboxylic acids is 1. The molecular weight excluding hydrogens is 525 g/mol. The van der Waals surface area contributed by atoms with Crippen LogP contribution in [-0.4, -0.2) is 69.6 Å². The van der Waals surface area contributed by atoms with Crippen LogP contribution in [0.25, 0.3) is 6.08 Å². The number of nitrogen functional groups attached to an aromatic ring is 1. The molecule has 1 amide bonds. The van der Waals surface area contributed by atoms with Gasteiger partial charge in [-0.25, -0.2) is 9.78 Å². The number of nitrogens with zero attached hydrogens (tertiary/aromatic N) is 6. The molecule has 2 aliphatic heterocycles. The van der Waals surface area contributed by atoms with E-state index in [1.807, 2.05) is 0 Å². The van der Waals surface area contributed by atoms with Crippen LogP contribution in [0.5, 0.6) is 0 Å². The quantitative estimate of drug-likeness (QED) is 0.0890. The Morgan fingerprint density at radius 3 is 2.76 bits per heavy atom. The molecule has 0 aliphatic carbocycles. The number of aromatic nitrogens is 3. The first kappa shape index (κ1) is 25.6. The van der Waals surface area contributed by atoms with Crippen LogP contribution in [0.4, 0.5) is 5.13 Å². The van der Waals surface area contributed by atoms with E-state index in [1.165, 1.54) is 18.0 Å². The van der Waals surface area contributed by atoms with Gasteiger partial charge in [-0.05, 0) is 11.6 Å². The van der Waals surface area contributed by atoms with Gasteiger partial charge < -0.3 is 21.2 Å². The van der Waals surface area contributed by atoms with Crippen molar-refractivity contribution in [2.75, 3.05) is 11.5 Å². The van der Waals surface area contributed by atoms with Gasteiger partial charge in [0.25, 0.3) is 5.91 Å². The molecule has 2 aromatic rings. The number of hydrogen-bond acceptors (Lipinski definition) is 13. The summed E-state index contributed by atoms with van der Waals surface area (Å²) < 4.78 is 7.90. The van der Waals surface area contributed by atoms with Gasteiger partial charge in [-0.3, -0.25) is 14.7 Å². The minimum Gasteiger partial charge on any atom is -0.857 e. The van der Waals surface area contributed by atoms with Crippen LogP contribution < -0.4 is 40.4 Å². The van der Waals surface area contributed by atoms with E-state index in [9.17, 15) is 25.0 Å². The monoisotopic (exact) mass is 535 g/mol. The Balaban J connectivity index is 0.00000306. The van der Waals surface area contributed by atoms with Gasteiger partial charge in [0.2, 0.25) is 0 Å². The van der Waals surface area contributed by atoms with Gasteiger partial charge in [0.15, 0.2) is 11.2 Å². The maximum absolute atomic E-state index is 12.7. The van der Waals surface area contributed by atoms with Crippen molar-refractivity contribution in [3.63, 3.8) is 0 Å². The predicted octanol–water partition coefficient (Wildman–Crippen LogP) is -2.49. The zero-order chi connectivity index (χ0) is 23.0. The molecule has 12 nitrogen and oxygen atoms in total. The van der Waals surface area contributed by atoms with Crippen molar-refractivity contribution in [2.24, 2.45) is 10.1 Å². The summed E-state index contributed by atoms with van der Waals surface area (Å²) in [7, 11) is 0. The summed E-state index contributed by atoms with van der Waals surface area (Å²) in [5, 5.41) is 33.7. The number of rotatable bonds is 6. The molecule has 4 heterocycles. The van der Waals surface area contributed by atoms with Gasteiger partial charge >= 0.3 is 35.5 Å². The molecule has 2 aliphatic rings. The summed E-state index contributed by atoms with van der Waals surface area (Å²) in [6, 6.07) is -1.15. The van der Waals surface area contributed by atoms with Crippen LogP contribution in [0.3, 0.4) is 0 Å². The molecule has 0 bridgehead atoms. The first-order valence-electron chi connectivity index (χ1n) is 8.58. The van der Waals surface area contributed by atoms with E-state index in [0.717, 1.165) is 28.0 Å². The maximum Gasteiger partial charge on any atom is 1.00 e. The Bertz CT molecular complexity index is 1210. The maximum atomic E-state index is 12.7. The summed E-state index contributed by atoms with van der Waals surface area (Å²) in [5.41, 5.74) is 5.60. The Kier molecular flexibility index (Phi) is 8.15. The number of thiazole rings is 1. The number of hydrogen-bond donors (Lipinski definition) is 3. The molecule has 0 unspecified atom stereocenters. The van der Waals surface area contributed by atoms with E-state index in [4.69, 9.17) is 17.3 Å². The van der Waals surface area contributed by atoms with Crippen LogP contribution >= 0.6 is 46.4 Å². The summed E-state index contributed by atoms with van der Waals surface area (Å²) >= 11 is 9.08. The number of aliphatic imine (C=N–C) groups is 1. The molecule has 4 rings (SSSR count). The standard InChI is InChI=1S/C16H12ClN7O5S3.Na/c17-11-7(21-16(18)31-11)8(22-29)12(25)20-9-13(26)24-10(15(27)28)5(4-30-14(9)24)1-2-6-3-19-32-23-6;/h1-3,9,14,29H,4H2,(H2,18,21)(H,20,25)(H,27,28);/q;+1/p-1/b2-1+,22-8-;/t9-,14-;/m1./s1. The average Bonchev–Trinajstić information content (AvgIpc) is 3.39. The minimum absolute atomic E-state index is 0. The van der Waals surface area contributed by atoms with Gasteiger partial charge in [-0.15, -0.1) is 11.8 Å². The third-order valence-electron chi connectivity index (χ3n) is 4.39. The number of aliphatic carboxylic acids is 1. The number of nitrogens with two attached hydrogens (primary N) is 1. The SMILES string of the molecule is Nc1nc(/C(=N/O)C([O-])=N[C@@H]2C(=O)N3C(C(=O)O)=C(/C=C/c4cnsn4)CS[C@H]23)c(Cl)s1.[Na+]. The molecule has 0 radical (unpaired) electrons. The van der Waals surface area contributed by atoms with Gasteiger partial charge in [-0.2, -0.15) is 8.75 Å². The van der Waals surface area contributed by atoms with Crippen molar-refractivity contribution in [3.8, 4) is 0 Å². The Hall–Kier alpha value is -2.01. The summed E-state index contributed by atoms with van der Waals surface area (Å²) in [5.74, 6) is -2.72. The third-order valence-corrected chi connectivity index (χ3v) is 7.25. The van der Waals surface area contributed by atoms with Crippen LogP contribution in [-0.2, 0) is 9.59 Å². The number of thioether (sulfide) groups is 1. The van der Waals surface area contributed by atoms with Crippen molar-refractivity contribution >= 4 is 81.1 Å². The molecule has 17 heteroatoms. The molecule has 0 spiro atoms.